The predicted octanol–water partition coefficient (Wildman–Crippen LogP) is 3.99. The van der Waals surface area contributed by atoms with Gasteiger partial charge >= 0.3 is 0 Å². The maximum absolute atomic E-state index is 14.2. The van der Waals surface area contributed by atoms with E-state index in [0.29, 0.717) is 12.0 Å². The summed E-state index contributed by atoms with van der Waals surface area (Å²) in [6.45, 7) is 1.97. The summed E-state index contributed by atoms with van der Waals surface area (Å²) in [6, 6.07) is 16.5. The Morgan fingerprint density at radius 2 is 1.90 bits per heavy atom. The standard InChI is InChI=1S/C18H17FN2/c1-2-18(20,15-7-3-4-8-16(15)19)14-10-9-13-6-5-11-21-17(13)12-14/h3-12H,2,20H2,1H3. The van der Waals surface area contributed by atoms with Crippen LogP contribution >= 0.6 is 0 Å². The molecule has 1 atom stereocenters. The molecule has 1 heterocycles. The van der Waals surface area contributed by atoms with Crippen LogP contribution in [0.3, 0.4) is 0 Å². The number of rotatable bonds is 3. The molecule has 2 aromatic carbocycles. The first-order valence-electron chi connectivity index (χ1n) is 7.04. The van der Waals surface area contributed by atoms with Gasteiger partial charge in [0.15, 0.2) is 0 Å². The molecule has 0 spiro atoms. The minimum Gasteiger partial charge on any atom is -0.318 e. The quantitative estimate of drug-likeness (QED) is 0.788. The highest BCUT2D eigenvalue weighted by Gasteiger charge is 2.30. The maximum Gasteiger partial charge on any atom is 0.128 e. The molecule has 3 rings (SSSR count). The van der Waals surface area contributed by atoms with Gasteiger partial charge in [0.1, 0.15) is 5.82 Å². The highest BCUT2D eigenvalue weighted by atomic mass is 19.1. The summed E-state index contributed by atoms with van der Waals surface area (Å²) in [5.74, 6) is -0.275. The number of nitrogens with zero attached hydrogens (tertiary/aromatic N) is 1. The van der Waals surface area contributed by atoms with Crippen LogP contribution in [0.1, 0.15) is 24.5 Å². The van der Waals surface area contributed by atoms with Crippen LogP contribution in [-0.4, -0.2) is 4.98 Å². The summed E-state index contributed by atoms with van der Waals surface area (Å²) in [6.07, 6.45) is 2.35. The molecule has 0 aliphatic rings. The van der Waals surface area contributed by atoms with Gasteiger partial charge in [-0.3, -0.25) is 4.98 Å². The van der Waals surface area contributed by atoms with E-state index >= 15 is 0 Å². The largest absolute Gasteiger partial charge is 0.318 e. The lowest BCUT2D eigenvalue weighted by Gasteiger charge is -2.30. The van der Waals surface area contributed by atoms with E-state index in [9.17, 15) is 4.39 Å². The van der Waals surface area contributed by atoms with Crippen LogP contribution in [0, 0.1) is 5.82 Å². The molecule has 0 aliphatic carbocycles. The van der Waals surface area contributed by atoms with Crippen LogP contribution in [0.4, 0.5) is 4.39 Å². The van der Waals surface area contributed by atoms with Crippen molar-refractivity contribution in [2.45, 2.75) is 18.9 Å². The highest BCUT2D eigenvalue weighted by molar-refractivity contribution is 5.79. The molecule has 0 amide bonds. The second kappa shape index (κ2) is 5.26. The number of aromatic nitrogens is 1. The van der Waals surface area contributed by atoms with Crippen molar-refractivity contribution < 1.29 is 4.39 Å². The Morgan fingerprint density at radius 1 is 1.10 bits per heavy atom. The fourth-order valence-corrected chi connectivity index (χ4v) is 2.72. The van der Waals surface area contributed by atoms with E-state index in [1.165, 1.54) is 6.07 Å². The lowest BCUT2D eigenvalue weighted by atomic mass is 9.81. The minimum absolute atomic E-state index is 0.275. The molecule has 0 bridgehead atoms. The van der Waals surface area contributed by atoms with Crippen LogP contribution in [0.5, 0.6) is 0 Å². The second-order valence-electron chi connectivity index (χ2n) is 5.22. The Balaban J connectivity index is 2.19. The third kappa shape index (κ3) is 2.30. The molecule has 1 unspecified atom stereocenters. The van der Waals surface area contributed by atoms with E-state index in [1.807, 2.05) is 43.3 Å². The molecule has 2 N–H and O–H groups in total. The van der Waals surface area contributed by atoms with Gasteiger partial charge in [-0.25, -0.2) is 4.39 Å². The maximum atomic E-state index is 14.2. The number of fused-ring (bicyclic) bond motifs is 1. The Kier molecular flexibility index (Phi) is 3.43. The molecule has 0 fully saturated rings. The molecule has 0 radical (unpaired) electrons. The van der Waals surface area contributed by atoms with Crippen molar-refractivity contribution in [1.29, 1.82) is 0 Å². The Bertz CT molecular complexity index is 785. The Labute approximate surface area is 123 Å². The second-order valence-corrected chi connectivity index (χ2v) is 5.22. The molecule has 0 saturated carbocycles. The van der Waals surface area contributed by atoms with Gasteiger partial charge in [0.25, 0.3) is 0 Å². The van der Waals surface area contributed by atoms with E-state index < -0.39 is 5.54 Å². The molecule has 0 saturated heterocycles. The van der Waals surface area contributed by atoms with Crippen LogP contribution in [-0.2, 0) is 5.54 Å². The van der Waals surface area contributed by atoms with Crippen molar-refractivity contribution in [2.24, 2.45) is 5.73 Å². The normalized spacial score (nSPS) is 14.0. The molecule has 3 heteroatoms. The van der Waals surface area contributed by atoms with Crippen molar-refractivity contribution in [2.75, 3.05) is 0 Å². The molecule has 2 nitrogen and oxygen atoms in total. The molecule has 0 aliphatic heterocycles. The first kappa shape index (κ1) is 13.7. The molecule has 3 aromatic rings. The fourth-order valence-electron chi connectivity index (χ4n) is 2.72. The molecular weight excluding hydrogens is 263 g/mol. The zero-order valence-corrected chi connectivity index (χ0v) is 11.9. The van der Waals surface area contributed by atoms with Crippen molar-refractivity contribution in [3.8, 4) is 0 Å². The van der Waals surface area contributed by atoms with Crippen molar-refractivity contribution in [3.05, 3.63) is 77.7 Å². The van der Waals surface area contributed by atoms with E-state index in [1.54, 1.807) is 18.3 Å². The van der Waals surface area contributed by atoms with Gasteiger partial charge in [0.05, 0.1) is 11.1 Å². The minimum atomic E-state index is -0.850. The van der Waals surface area contributed by atoms with Crippen molar-refractivity contribution in [3.63, 3.8) is 0 Å². The SMILES string of the molecule is CCC(N)(c1ccc2cccnc2c1)c1ccccc1F. The molecule has 1 aromatic heterocycles. The Morgan fingerprint density at radius 3 is 2.67 bits per heavy atom. The number of benzene rings is 2. The van der Waals surface area contributed by atoms with Crippen molar-refractivity contribution >= 4 is 10.9 Å². The van der Waals surface area contributed by atoms with Crippen LogP contribution in [0.25, 0.3) is 10.9 Å². The van der Waals surface area contributed by atoms with Gasteiger partial charge in [-0.15, -0.1) is 0 Å². The molecule has 21 heavy (non-hydrogen) atoms. The van der Waals surface area contributed by atoms with Gasteiger partial charge in [0, 0.05) is 17.1 Å². The number of nitrogens with two attached hydrogens (primary N) is 1. The lowest BCUT2D eigenvalue weighted by molar-refractivity contribution is 0.480. The average molecular weight is 280 g/mol. The lowest BCUT2D eigenvalue weighted by Crippen LogP contribution is -2.38. The first-order chi connectivity index (χ1) is 10.1. The monoisotopic (exact) mass is 280 g/mol. The fraction of sp³-hybridized carbons (Fsp3) is 0.167. The van der Waals surface area contributed by atoms with E-state index in [0.717, 1.165) is 16.5 Å². The summed E-state index contributed by atoms with van der Waals surface area (Å²) in [4.78, 5) is 4.36. The van der Waals surface area contributed by atoms with E-state index in [-0.39, 0.29) is 5.82 Å². The third-order valence-electron chi connectivity index (χ3n) is 4.03. The number of hydrogen-bond donors (Lipinski definition) is 1. The molecule has 106 valence electrons. The average Bonchev–Trinajstić information content (AvgIpc) is 2.54. The van der Waals surface area contributed by atoms with Crippen LogP contribution in [0.2, 0.25) is 0 Å². The number of halogens is 1. The van der Waals surface area contributed by atoms with E-state index in [4.69, 9.17) is 5.73 Å². The predicted molar refractivity (Wildman–Crippen MR) is 83.4 cm³/mol. The van der Waals surface area contributed by atoms with Crippen molar-refractivity contribution in [1.82, 2.24) is 4.98 Å². The topological polar surface area (TPSA) is 38.9 Å². The van der Waals surface area contributed by atoms with Crippen LogP contribution < -0.4 is 5.73 Å². The zero-order valence-electron chi connectivity index (χ0n) is 11.9. The first-order valence-corrected chi connectivity index (χ1v) is 7.04. The number of pyridine rings is 1. The van der Waals surface area contributed by atoms with Gasteiger partial charge in [0.2, 0.25) is 0 Å². The smallest absolute Gasteiger partial charge is 0.128 e. The van der Waals surface area contributed by atoms with Gasteiger partial charge in [-0.1, -0.05) is 43.3 Å². The third-order valence-corrected chi connectivity index (χ3v) is 4.03. The van der Waals surface area contributed by atoms with Crippen LogP contribution in [0.15, 0.2) is 60.8 Å². The summed E-state index contributed by atoms with van der Waals surface area (Å²) < 4.78 is 14.2. The zero-order chi connectivity index (χ0) is 14.9. The summed E-state index contributed by atoms with van der Waals surface area (Å²) in [5.41, 5.74) is 7.98. The van der Waals surface area contributed by atoms with Gasteiger partial charge in [-0.05, 0) is 30.2 Å². The number of hydrogen-bond acceptors (Lipinski definition) is 2. The summed E-state index contributed by atoms with van der Waals surface area (Å²) in [7, 11) is 0. The summed E-state index contributed by atoms with van der Waals surface area (Å²) >= 11 is 0. The van der Waals surface area contributed by atoms with Gasteiger partial charge < -0.3 is 5.73 Å². The van der Waals surface area contributed by atoms with E-state index in [2.05, 4.69) is 4.98 Å². The summed E-state index contributed by atoms with van der Waals surface area (Å²) in [5, 5.41) is 1.05. The Hall–Kier alpha value is -2.26. The molecular formula is C18H17FN2. The highest BCUT2D eigenvalue weighted by Crippen LogP contribution is 2.33. The van der Waals surface area contributed by atoms with Gasteiger partial charge in [-0.2, -0.15) is 0 Å².